The molecule has 1 saturated carbocycles. The first kappa shape index (κ1) is 18.1. The summed E-state index contributed by atoms with van der Waals surface area (Å²) < 4.78 is 1.59. The number of carbonyl (C=O) groups is 2. The second-order valence-electron chi connectivity index (χ2n) is 7.18. The van der Waals surface area contributed by atoms with Crippen LogP contribution in [-0.2, 0) is 4.79 Å². The Kier molecular flexibility index (Phi) is 4.54. The summed E-state index contributed by atoms with van der Waals surface area (Å²) in [5.74, 6) is -1.50. The Labute approximate surface area is 161 Å². The number of rotatable bonds is 4. The fourth-order valence-electron chi connectivity index (χ4n) is 3.86. The van der Waals surface area contributed by atoms with Crippen molar-refractivity contribution in [2.75, 3.05) is 0 Å². The first-order chi connectivity index (χ1) is 13.5. The zero-order valence-electron chi connectivity index (χ0n) is 15.6. The van der Waals surface area contributed by atoms with E-state index < -0.39 is 17.4 Å². The number of aliphatic carboxylic acids is 1. The minimum absolute atomic E-state index is 0.132. The summed E-state index contributed by atoms with van der Waals surface area (Å²) in [7, 11) is 0. The molecular weight excluding hydrogens is 358 g/mol. The zero-order valence-corrected chi connectivity index (χ0v) is 15.6. The van der Waals surface area contributed by atoms with Gasteiger partial charge in [0, 0.05) is 11.6 Å². The zero-order chi connectivity index (χ0) is 19.7. The normalized spacial score (nSPS) is 16.0. The van der Waals surface area contributed by atoms with Gasteiger partial charge in [0.15, 0.2) is 5.69 Å². The van der Waals surface area contributed by atoms with Crippen molar-refractivity contribution in [1.29, 1.82) is 0 Å². The molecule has 4 rings (SSSR count). The van der Waals surface area contributed by atoms with E-state index in [1.807, 2.05) is 30.3 Å². The van der Waals surface area contributed by atoms with E-state index in [1.54, 1.807) is 17.8 Å². The molecule has 8 nitrogen and oxygen atoms in total. The van der Waals surface area contributed by atoms with Gasteiger partial charge in [-0.05, 0) is 44.0 Å². The van der Waals surface area contributed by atoms with Gasteiger partial charge in [0.25, 0.3) is 5.91 Å². The molecule has 0 atom stereocenters. The molecule has 144 valence electrons. The number of nitrogens with zero attached hydrogens (tertiary/aromatic N) is 4. The predicted octanol–water partition coefficient (Wildman–Crippen LogP) is 2.64. The summed E-state index contributed by atoms with van der Waals surface area (Å²) in [4.78, 5) is 29.0. The number of pyridine rings is 1. The summed E-state index contributed by atoms with van der Waals surface area (Å²) in [6, 6.07) is 9.42. The van der Waals surface area contributed by atoms with Gasteiger partial charge in [0.2, 0.25) is 0 Å². The van der Waals surface area contributed by atoms with Crippen LogP contribution in [0.15, 0.2) is 36.5 Å². The third-order valence-electron chi connectivity index (χ3n) is 5.43. The van der Waals surface area contributed by atoms with E-state index in [9.17, 15) is 14.7 Å². The van der Waals surface area contributed by atoms with Gasteiger partial charge in [0.05, 0.1) is 16.9 Å². The summed E-state index contributed by atoms with van der Waals surface area (Å²) >= 11 is 0. The van der Waals surface area contributed by atoms with Gasteiger partial charge >= 0.3 is 5.97 Å². The standard InChI is InChI=1S/C20H21N5O3/c1-13-17(18(26)22-20(19(27)28)10-3-2-4-11-20)23-24-25(13)16-9-5-8-15-14(16)7-6-12-21-15/h5-9,12H,2-4,10-11H2,1H3,(H,22,26)(H,27,28). The van der Waals surface area contributed by atoms with Crippen LogP contribution in [0.1, 0.15) is 48.3 Å². The quantitative estimate of drug-likeness (QED) is 0.721. The predicted molar refractivity (Wildman–Crippen MR) is 102 cm³/mol. The first-order valence-electron chi connectivity index (χ1n) is 9.34. The number of amides is 1. The number of fused-ring (bicyclic) bond motifs is 1. The highest BCUT2D eigenvalue weighted by atomic mass is 16.4. The molecule has 2 heterocycles. The van der Waals surface area contributed by atoms with Gasteiger partial charge in [0.1, 0.15) is 5.54 Å². The second kappa shape index (κ2) is 7.03. The number of hydrogen-bond acceptors (Lipinski definition) is 5. The Bertz CT molecular complexity index is 1050. The van der Waals surface area contributed by atoms with E-state index in [0.717, 1.165) is 35.9 Å². The molecule has 2 N–H and O–H groups in total. The van der Waals surface area contributed by atoms with E-state index in [2.05, 4.69) is 20.6 Å². The maximum atomic E-state index is 12.8. The molecule has 1 amide bonds. The smallest absolute Gasteiger partial charge is 0.329 e. The van der Waals surface area contributed by atoms with E-state index in [1.165, 1.54) is 0 Å². The van der Waals surface area contributed by atoms with Crippen LogP contribution in [0.4, 0.5) is 0 Å². The lowest BCUT2D eigenvalue weighted by Crippen LogP contribution is -2.55. The van der Waals surface area contributed by atoms with Gasteiger partial charge in [-0.3, -0.25) is 9.78 Å². The minimum Gasteiger partial charge on any atom is -0.480 e. The number of carboxylic acid groups (broad SMARTS) is 1. The summed E-state index contributed by atoms with van der Waals surface area (Å²) in [6.45, 7) is 1.75. The maximum absolute atomic E-state index is 12.8. The lowest BCUT2D eigenvalue weighted by Gasteiger charge is -2.33. The Morgan fingerprint density at radius 3 is 2.68 bits per heavy atom. The lowest BCUT2D eigenvalue weighted by molar-refractivity contribution is -0.145. The summed E-state index contributed by atoms with van der Waals surface area (Å²) in [5, 5.41) is 21.5. The average Bonchev–Trinajstić information content (AvgIpc) is 3.09. The molecule has 0 radical (unpaired) electrons. The van der Waals surface area contributed by atoms with Gasteiger partial charge < -0.3 is 10.4 Å². The number of nitrogens with one attached hydrogen (secondary N) is 1. The van der Waals surface area contributed by atoms with Crippen molar-refractivity contribution in [1.82, 2.24) is 25.3 Å². The molecular formula is C20H21N5O3. The van der Waals surface area contributed by atoms with Crippen molar-refractivity contribution in [3.63, 3.8) is 0 Å². The molecule has 2 aromatic heterocycles. The van der Waals surface area contributed by atoms with Gasteiger partial charge in [-0.25, -0.2) is 9.48 Å². The first-order valence-corrected chi connectivity index (χ1v) is 9.34. The highest BCUT2D eigenvalue weighted by Crippen LogP contribution is 2.29. The Balaban J connectivity index is 1.68. The molecule has 8 heteroatoms. The molecule has 0 unspecified atom stereocenters. The third kappa shape index (κ3) is 3.00. The van der Waals surface area contributed by atoms with Crippen LogP contribution in [0.2, 0.25) is 0 Å². The van der Waals surface area contributed by atoms with E-state index in [0.29, 0.717) is 18.5 Å². The number of benzene rings is 1. The van der Waals surface area contributed by atoms with Gasteiger partial charge in [-0.2, -0.15) is 0 Å². The summed E-state index contributed by atoms with van der Waals surface area (Å²) in [6.07, 6.45) is 5.11. The second-order valence-corrected chi connectivity index (χ2v) is 7.18. The Hall–Kier alpha value is -3.29. The molecule has 0 saturated heterocycles. The molecule has 28 heavy (non-hydrogen) atoms. The van der Waals surface area contributed by atoms with Crippen LogP contribution in [0, 0.1) is 6.92 Å². The third-order valence-corrected chi connectivity index (χ3v) is 5.43. The lowest BCUT2D eigenvalue weighted by atomic mass is 9.81. The van der Waals surface area contributed by atoms with E-state index >= 15 is 0 Å². The summed E-state index contributed by atoms with van der Waals surface area (Å²) in [5.41, 5.74) is 1.03. The van der Waals surface area contributed by atoms with Gasteiger partial charge in [-0.15, -0.1) is 5.10 Å². The molecule has 1 aliphatic rings. The SMILES string of the molecule is Cc1c(C(=O)NC2(C(=O)O)CCCCC2)nnn1-c1cccc2ncccc12. The van der Waals surface area contributed by atoms with Crippen LogP contribution >= 0.6 is 0 Å². The molecule has 0 aliphatic heterocycles. The molecule has 1 aromatic carbocycles. The van der Waals surface area contributed by atoms with Crippen molar-refractivity contribution >= 4 is 22.8 Å². The van der Waals surface area contributed by atoms with Crippen molar-refractivity contribution in [2.45, 2.75) is 44.6 Å². The maximum Gasteiger partial charge on any atom is 0.329 e. The largest absolute Gasteiger partial charge is 0.480 e. The van der Waals surface area contributed by atoms with Crippen molar-refractivity contribution in [3.05, 3.63) is 47.9 Å². The van der Waals surface area contributed by atoms with Crippen LogP contribution in [0.5, 0.6) is 0 Å². The van der Waals surface area contributed by atoms with Crippen LogP contribution < -0.4 is 5.32 Å². The molecule has 1 fully saturated rings. The molecule has 0 bridgehead atoms. The van der Waals surface area contributed by atoms with E-state index in [-0.39, 0.29) is 5.69 Å². The fraction of sp³-hybridized carbons (Fsp3) is 0.350. The van der Waals surface area contributed by atoms with Crippen molar-refractivity contribution in [2.24, 2.45) is 0 Å². The monoisotopic (exact) mass is 379 g/mol. The Morgan fingerprint density at radius 2 is 1.93 bits per heavy atom. The molecule has 1 aliphatic carbocycles. The van der Waals surface area contributed by atoms with Crippen LogP contribution in [-0.4, -0.2) is 42.5 Å². The molecule has 0 spiro atoms. The Morgan fingerprint density at radius 1 is 1.14 bits per heavy atom. The van der Waals surface area contributed by atoms with Crippen molar-refractivity contribution in [3.8, 4) is 5.69 Å². The average molecular weight is 379 g/mol. The number of carbonyl (C=O) groups excluding carboxylic acids is 1. The highest BCUT2D eigenvalue weighted by Gasteiger charge is 2.41. The van der Waals surface area contributed by atoms with E-state index in [4.69, 9.17) is 0 Å². The highest BCUT2D eigenvalue weighted by molar-refractivity contribution is 5.97. The topological polar surface area (TPSA) is 110 Å². The van der Waals surface area contributed by atoms with Crippen LogP contribution in [0.3, 0.4) is 0 Å². The number of aromatic nitrogens is 4. The van der Waals surface area contributed by atoms with Crippen LogP contribution in [0.25, 0.3) is 16.6 Å². The van der Waals surface area contributed by atoms with Gasteiger partial charge in [-0.1, -0.05) is 30.5 Å². The fourth-order valence-corrected chi connectivity index (χ4v) is 3.86. The number of carboxylic acids is 1. The van der Waals surface area contributed by atoms with Crippen molar-refractivity contribution < 1.29 is 14.7 Å². The number of hydrogen-bond donors (Lipinski definition) is 2. The minimum atomic E-state index is -1.23. The molecule has 3 aromatic rings.